The number of benzene rings is 2. The standard InChI is InChI=1S/C14H18O4.C8H6O4/c1-3-9-17-13(15)11-7-5-6-8-12(11)14(16)18-10-4-2;9-7(10)5-1-2-6(4-3-5)8(11)12/h5-8H,3-4,9-10H2,1-2H3;1-4H,(H,9,10)(H,11,12). The SMILES string of the molecule is CCCOC(=O)c1ccccc1C(=O)OCCC.O=C(O)c1ccc(C(=O)O)cc1. The molecule has 0 fully saturated rings. The van der Waals surface area contributed by atoms with E-state index >= 15 is 0 Å². The predicted molar refractivity (Wildman–Crippen MR) is 108 cm³/mol. The Morgan fingerprint density at radius 3 is 1.27 bits per heavy atom. The van der Waals surface area contributed by atoms with E-state index in [4.69, 9.17) is 19.7 Å². The molecule has 160 valence electrons. The van der Waals surface area contributed by atoms with E-state index in [9.17, 15) is 19.2 Å². The van der Waals surface area contributed by atoms with Crippen molar-refractivity contribution in [3.8, 4) is 0 Å². The molecule has 0 aliphatic rings. The molecule has 2 aromatic rings. The molecule has 0 radical (unpaired) electrons. The predicted octanol–water partition coefficient (Wildman–Crippen LogP) is 3.90. The first kappa shape index (κ1) is 24.4. The maximum atomic E-state index is 11.8. The van der Waals surface area contributed by atoms with Gasteiger partial charge in [-0.1, -0.05) is 26.0 Å². The lowest BCUT2D eigenvalue weighted by Gasteiger charge is -2.08. The van der Waals surface area contributed by atoms with E-state index in [2.05, 4.69) is 0 Å². The van der Waals surface area contributed by atoms with Gasteiger partial charge in [-0.05, 0) is 49.2 Å². The second-order valence-electron chi connectivity index (χ2n) is 6.01. The Labute approximate surface area is 174 Å². The number of carboxylic acids is 2. The number of esters is 2. The van der Waals surface area contributed by atoms with Crippen LogP contribution in [-0.2, 0) is 9.47 Å². The summed E-state index contributed by atoms with van der Waals surface area (Å²) in [6.07, 6.45) is 1.49. The molecule has 30 heavy (non-hydrogen) atoms. The summed E-state index contributed by atoms with van der Waals surface area (Å²) in [6, 6.07) is 11.6. The van der Waals surface area contributed by atoms with Crippen molar-refractivity contribution in [3.63, 3.8) is 0 Å². The van der Waals surface area contributed by atoms with Crippen molar-refractivity contribution >= 4 is 23.9 Å². The van der Waals surface area contributed by atoms with Crippen LogP contribution >= 0.6 is 0 Å². The van der Waals surface area contributed by atoms with Crippen molar-refractivity contribution in [1.29, 1.82) is 0 Å². The molecule has 8 heteroatoms. The third-order valence-electron chi connectivity index (χ3n) is 3.62. The van der Waals surface area contributed by atoms with Gasteiger partial charge in [0.2, 0.25) is 0 Å². The van der Waals surface area contributed by atoms with Crippen LogP contribution in [0.2, 0.25) is 0 Å². The van der Waals surface area contributed by atoms with Crippen molar-refractivity contribution in [1.82, 2.24) is 0 Å². The minimum absolute atomic E-state index is 0.0833. The Morgan fingerprint density at radius 2 is 1.00 bits per heavy atom. The highest BCUT2D eigenvalue weighted by molar-refractivity contribution is 6.03. The zero-order valence-corrected chi connectivity index (χ0v) is 16.8. The number of hydrogen-bond donors (Lipinski definition) is 2. The van der Waals surface area contributed by atoms with E-state index in [0.29, 0.717) is 13.2 Å². The van der Waals surface area contributed by atoms with Crippen LogP contribution in [0.3, 0.4) is 0 Å². The molecule has 0 aliphatic carbocycles. The van der Waals surface area contributed by atoms with Crippen LogP contribution in [0.5, 0.6) is 0 Å². The van der Waals surface area contributed by atoms with Gasteiger partial charge in [-0.15, -0.1) is 0 Å². The van der Waals surface area contributed by atoms with Gasteiger partial charge >= 0.3 is 23.9 Å². The zero-order chi connectivity index (χ0) is 22.5. The summed E-state index contributed by atoms with van der Waals surface area (Å²) in [6.45, 7) is 4.51. The smallest absolute Gasteiger partial charge is 0.339 e. The van der Waals surface area contributed by atoms with Gasteiger partial charge in [0.25, 0.3) is 0 Å². The van der Waals surface area contributed by atoms with E-state index in [1.807, 2.05) is 13.8 Å². The van der Waals surface area contributed by atoms with Gasteiger partial charge in [0, 0.05) is 0 Å². The first-order valence-corrected chi connectivity index (χ1v) is 9.31. The minimum Gasteiger partial charge on any atom is -0.478 e. The summed E-state index contributed by atoms with van der Waals surface area (Å²) in [4.78, 5) is 44.2. The van der Waals surface area contributed by atoms with Gasteiger partial charge in [0.1, 0.15) is 0 Å². The van der Waals surface area contributed by atoms with Gasteiger partial charge in [0.15, 0.2) is 0 Å². The molecule has 0 amide bonds. The topological polar surface area (TPSA) is 127 Å². The summed E-state index contributed by atoms with van der Waals surface area (Å²) in [5.74, 6) is -3.10. The highest BCUT2D eigenvalue weighted by Crippen LogP contribution is 2.12. The molecule has 2 N–H and O–H groups in total. The Kier molecular flexibility index (Phi) is 10.3. The van der Waals surface area contributed by atoms with Crippen LogP contribution in [0.15, 0.2) is 48.5 Å². The van der Waals surface area contributed by atoms with Gasteiger partial charge in [-0.2, -0.15) is 0 Å². The fraction of sp³-hybridized carbons (Fsp3) is 0.273. The second-order valence-corrected chi connectivity index (χ2v) is 6.01. The largest absolute Gasteiger partial charge is 0.478 e. The number of ether oxygens (including phenoxy) is 2. The summed E-state index contributed by atoms with van der Waals surface area (Å²) >= 11 is 0. The maximum absolute atomic E-state index is 11.8. The van der Waals surface area contributed by atoms with Gasteiger partial charge in [-0.25, -0.2) is 19.2 Å². The van der Waals surface area contributed by atoms with E-state index in [1.54, 1.807) is 24.3 Å². The van der Waals surface area contributed by atoms with Crippen LogP contribution in [-0.4, -0.2) is 47.3 Å². The Morgan fingerprint density at radius 1 is 0.667 bits per heavy atom. The number of carboxylic acid groups (broad SMARTS) is 2. The van der Waals surface area contributed by atoms with Crippen LogP contribution in [0.4, 0.5) is 0 Å². The van der Waals surface area contributed by atoms with Crippen molar-refractivity contribution in [2.45, 2.75) is 26.7 Å². The number of hydrogen-bond acceptors (Lipinski definition) is 6. The third-order valence-corrected chi connectivity index (χ3v) is 3.62. The van der Waals surface area contributed by atoms with Crippen molar-refractivity contribution in [3.05, 3.63) is 70.8 Å². The summed E-state index contributed by atoms with van der Waals surface area (Å²) in [5, 5.41) is 16.9. The van der Waals surface area contributed by atoms with Crippen molar-refractivity contribution in [2.75, 3.05) is 13.2 Å². The zero-order valence-electron chi connectivity index (χ0n) is 16.8. The fourth-order valence-corrected chi connectivity index (χ4v) is 2.14. The van der Waals surface area contributed by atoms with E-state index in [-0.39, 0.29) is 22.3 Å². The summed E-state index contributed by atoms with van der Waals surface area (Å²) in [5.41, 5.74) is 0.680. The van der Waals surface area contributed by atoms with Gasteiger partial charge in [-0.3, -0.25) is 0 Å². The average molecular weight is 416 g/mol. The molecule has 0 atom stereocenters. The second kappa shape index (κ2) is 12.7. The normalized spacial score (nSPS) is 9.67. The van der Waals surface area contributed by atoms with Crippen molar-refractivity contribution < 1.29 is 38.9 Å². The molecule has 0 saturated heterocycles. The number of carbonyl (C=O) groups is 4. The Bertz CT molecular complexity index is 799. The van der Waals surface area contributed by atoms with E-state index < -0.39 is 23.9 Å². The molecule has 2 aromatic carbocycles. The lowest BCUT2D eigenvalue weighted by Crippen LogP contribution is -2.14. The average Bonchev–Trinajstić information content (AvgIpc) is 2.76. The quantitative estimate of drug-likeness (QED) is 0.620. The van der Waals surface area contributed by atoms with Gasteiger partial charge < -0.3 is 19.7 Å². The fourth-order valence-electron chi connectivity index (χ4n) is 2.14. The van der Waals surface area contributed by atoms with Crippen LogP contribution < -0.4 is 0 Å². The molecule has 0 saturated carbocycles. The number of rotatable bonds is 8. The Hall–Kier alpha value is -3.68. The number of carbonyl (C=O) groups excluding carboxylic acids is 2. The van der Waals surface area contributed by atoms with Crippen LogP contribution in [0.25, 0.3) is 0 Å². The molecular formula is C22H24O8. The molecule has 0 spiro atoms. The van der Waals surface area contributed by atoms with E-state index in [0.717, 1.165) is 12.8 Å². The Balaban J connectivity index is 0.000000325. The minimum atomic E-state index is -1.06. The van der Waals surface area contributed by atoms with Crippen LogP contribution in [0.1, 0.15) is 68.1 Å². The molecule has 0 bridgehead atoms. The van der Waals surface area contributed by atoms with Crippen LogP contribution in [0, 0.1) is 0 Å². The molecule has 0 aromatic heterocycles. The van der Waals surface area contributed by atoms with E-state index in [1.165, 1.54) is 24.3 Å². The highest BCUT2D eigenvalue weighted by Gasteiger charge is 2.18. The molecular weight excluding hydrogens is 392 g/mol. The molecule has 2 rings (SSSR count). The summed E-state index contributed by atoms with van der Waals surface area (Å²) < 4.78 is 10.1. The molecule has 0 unspecified atom stereocenters. The number of aromatic carboxylic acids is 2. The maximum Gasteiger partial charge on any atom is 0.339 e. The lowest BCUT2D eigenvalue weighted by atomic mass is 10.1. The van der Waals surface area contributed by atoms with Crippen molar-refractivity contribution in [2.24, 2.45) is 0 Å². The highest BCUT2D eigenvalue weighted by atomic mass is 16.5. The molecule has 0 heterocycles. The monoisotopic (exact) mass is 416 g/mol. The summed E-state index contributed by atoms with van der Waals surface area (Å²) in [7, 11) is 0. The molecule has 0 aliphatic heterocycles. The third kappa shape index (κ3) is 7.75. The first-order chi connectivity index (χ1) is 14.3. The first-order valence-electron chi connectivity index (χ1n) is 9.31. The van der Waals surface area contributed by atoms with Gasteiger partial charge in [0.05, 0.1) is 35.5 Å². The lowest BCUT2D eigenvalue weighted by molar-refractivity contribution is 0.0458. The molecule has 8 nitrogen and oxygen atoms in total.